The normalized spacial score (nSPS) is 13.4. The number of nitrogens with zero attached hydrogens (tertiary/aromatic N) is 4. The molecule has 0 atom stereocenters. The monoisotopic (exact) mass is 460 g/mol. The number of amides is 2. The van der Waals surface area contributed by atoms with Gasteiger partial charge in [-0.1, -0.05) is 29.4 Å². The minimum absolute atomic E-state index is 0.0227. The molecule has 33 heavy (non-hydrogen) atoms. The number of rotatable bonds is 7. The minimum atomic E-state index is -0.0227. The number of urea groups is 1. The maximum absolute atomic E-state index is 11.7. The summed E-state index contributed by atoms with van der Waals surface area (Å²) in [5.41, 5.74) is 5.78. The fraction of sp³-hybridized carbons (Fsp3) is 0.250. The molecule has 3 aromatic heterocycles. The maximum atomic E-state index is 11.7. The number of carbonyl (C=O) groups is 1. The molecule has 9 heteroatoms. The second kappa shape index (κ2) is 9.03. The third-order valence-corrected chi connectivity index (χ3v) is 6.53. The SMILES string of the molecule is Cc1noc(C)c1-c1cccc(-c2cnc(NCCN3CCNC3=O)nc2-c2cccs2)c1. The van der Waals surface area contributed by atoms with E-state index in [2.05, 4.69) is 45.0 Å². The average molecular weight is 461 g/mol. The Morgan fingerprint density at radius 1 is 1.21 bits per heavy atom. The molecule has 1 fully saturated rings. The predicted molar refractivity (Wildman–Crippen MR) is 129 cm³/mol. The van der Waals surface area contributed by atoms with Crippen molar-refractivity contribution in [1.29, 1.82) is 0 Å². The molecule has 0 aliphatic carbocycles. The van der Waals surface area contributed by atoms with Crippen molar-refractivity contribution < 1.29 is 9.32 Å². The Kier molecular flexibility index (Phi) is 5.78. The van der Waals surface area contributed by atoms with Crippen LogP contribution in [0.15, 0.2) is 52.5 Å². The molecule has 168 valence electrons. The molecule has 5 rings (SSSR count). The van der Waals surface area contributed by atoms with Gasteiger partial charge < -0.3 is 20.1 Å². The highest BCUT2D eigenvalue weighted by atomic mass is 32.1. The number of carbonyl (C=O) groups excluding carboxylic acids is 1. The van der Waals surface area contributed by atoms with Gasteiger partial charge >= 0.3 is 6.03 Å². The van der Waals surface area contributed by atoms with Crippen LogP contribution in [0, 0.1) is 13.8 Å². The lowest BCUT2D eigenvalue weighted by atomic mass is 9.98. The van der Waals surface area contributed by atoms with Crippen molar-refractivity contribution in [2.24, 2.45) is 0 Å². The molecule has 4 aromatic rings. The summed E-state index contributed by atoms with van der Waals surface area (Å²) in [5, 5.41) is 12.2. The van der Waals surface area contributed by atoms with Crippen LogP contribution in [0.4, 0.5) is 10.7 Å². The highest BCUT2D eigenvalue weighted by Crippen LogP contribution is 2.36. The van der Waals surface area contributed by atoms with Gasteiger partial charge in [0.25, 0.3) is 0 Å². The Balaban J connectivity index is 1.45. The Labute approximate surface area is 195 Å². The van der Waals surface area contributed by atoms with Gasteiger partial charge in [-0.3, -0.25) is 0 Å². The molecule has 2 amide bonds. The van der Waals surface area contributed by atoms with E-state index >= 15 is 0 Å². The van der Waals surface area contributed by atoms with E-state index < -0.39 is 0 Å². The lowest BCUT2D eigenvalue weighted by Gasteiger charge is -2.15. The topological polar surface area (TPSA) is 96.2 Å². The first-order valence-corrected chi connectivity index (χ1v) is 11.7. The zero-order chi connectivity index (χ0) is 22.8. The minimum Gasteiger partial charge on any atom is -0.361 e. The van der Waals surface area contributed by atoms with E-state index in [0.29, 0.717) is 25.6 Å². The fourth-order valence-corrected chi connectivity index (χ4v) is 4.77. The molecule has 0 spiro atoms. The Bertz CT molecular complexity index is 1260. The first kappa shape index (κ1) is 21.1. The first-order valence-electron chi connectivity index (χ1n) is 10.8. The molecule has 1 aliphatic rings. The number of aryl methyl sites for hydroxylation is 2. The highest BCUT2D eigenvalue weighted by Gasteiger charge is 2.19. The van der Waals surface area contributed by atoms with Crippen molar-refractivity contribution in [3.8, 4) is 32.8 Å². The van der Waals surface area contributed by atoms with Gasteiger partial charge in [0.1, 0.15) is 5.76 Å². The summed E-state index contributed by atoms with van der Waals surface area (Å²) in [4.78, 5) is 24.0. The molecule has 1 aromatic carbocycles. The number of anilines is 1. The van der Waals surface area contributed by atoms with Gasteiger partial charge in [0.2, 0.25) is 5.95 Å². The van der Waals surface area contributed by atoms with Crippen LogP contribution >= 0.6 is 11.3 Å². The van der Waals surface area contributed by atoms with Gasteiger partial charge in [0, 0.05) is 43.5 Å². The van der Waals surface area contributed by atoms with Gasteiger partial charge in [-0.2, -0.15) is 0 Å². The smallest absolute Gasteiger partial charge is 0.317 e. The van der Waals surface area contributed by atoms with E-state index in [1.165, 1.54) is 0 Å². The van der Waals surface area contributed by atoms with E-state index in [1.807, 2.05) is 37.6 Å². The van der Waals surface area contributed by atoms with Crippen LogP contribution in [-0.4, -0.2) is 52.2 Å². The summed E-state index contributed by atoms with van der Waals surface area (Å²) in [6, 6.07) is 12.3. The van der Waals surface area contributed by atoms with E-state index in [9.17, 15) is 4.79 Å². The standard InChI is InChI=1S/C24H24N6O2S/c1-15-21(16(2)32-29-15)18-6-3-5-17(13-18)19-14-27-23(28-22(19)20-7-4-12-33-20)25-8-10-30-11-9-26-24(30)31/h3-7,12-14H,8-11H2,1-2H3,(H,26,31)(H,25,27,28). The van der Waals surface area contributed by atoms with Crippen LogP contribution < -0.4 is 10.6 Å². The second-order valence-electron chi connectivity index (χ2n) is 7.86. The molecule has 2 N–H and O–H groups in total. The predicted octanol–water partition coefficient (Wildman–Crippen LogP) is 4.58. The van der Waals surface area contributed by atoms with E-state index in [0.717, 1.165) is 50.8 Å². The van der Waals surface area contributed by atoms with Crippen LogP contribution in [-0.2, 0) is 0 Å². The number of benzene rings is 1. The second-order valence-corrected chi connectivity index (χ2v) is 8.81. The van der Waals surface area contributed by atoms with Crippen LogP contribution in [0.2, 0.25) is 0 Å². The Morgan fingerprint density at radius 3 is 2.82 bits per heavy atom. The first-order chi connectivity index (χ1) is 16.1. The summed E-state index contributed by atoms with van der Waals surface area (Å²) >= 11 is 1.64. The van der Waals surface area contributed by atoms with Gasteiger partial charge in [0.05, 0.1) is 16.3 Å². The van der Waals surface area contributed by atoms with Gasteiger partial charge in [0.15, 0.2) is 0 Å². The van der Waals surface area contributed by atoms with Crippen LogP contribution in [0.3, 0.4) is 0 Å². The molecule has 0 bridgehead atoms. The third kappa shape index (κ3) is 4.31. The quantitative estimate of drug-likeness (QED) is 0.419. The number of hydrogen-bond donors (Lipinski definition) is 2. The summed E-state index contributed by atoms with van der Waals surface area (Å²) in [7, 11) is 0. The van der Waals surface area contributed by atoms with Crippen molar-refractivity contribution in [1.82, 2.24) is 25.3 Å². The average Bonchev–Trinajstić information content (AvgIpc) is 3.57. The molecule has 0 saturated carbocycles. The molecule has 1 aliphatic heterocycles. The number of thiophene rings is 1. The third-order valence-electron chi connectivity index (χ3n) is 5.65. The summed E-state index contributed by atoms with van der Waals surface area (Å²) in [6.45, 7) is 6.48. The van der Waals surface area contributed by atoms with Gasteiger partial charge in [-0.15, -0.1) is 11.3 Å². The van der Waals surface area contributed by atoms with Crippen molar-refractivity contribution >= 4 is 23.3 Å². The number of nitrogens with one attached hydrogen (secondary N) is 2. The summed E-state index contributed by atoms with van der Waals surface area (Å²) < 4.78 is 5.36. The van der Waals surface area contributed by atoms with Crippen molar-refractivity contribution in [2.45, 2.75) is 13.8 Å². The maximum Gasteiger partial charge on any atom is 0.317 e. The van der Waals surface area contributed by atoms with Crippen molar-refractivity contribution in [3.05, 3.63) is 59.4 Å². The molecule has 8 nitrogen and oxygen atoms in total. The molecular formula is C24H24N6O2S. The highest BCUT2D eigenvalue weighted by molar-refractivity contribution is 7.13. The molecule has 4 heterocycles. The van der Waals surface area contributed by atoms with Crippen molar-refractivity contribution in [3.63, 3.8) is 0 Å². The zero-order valence-electron chi connectivity index (χ0n) is 18.5. The van der Waals surface area contributed by atoms with Crippen LogP contribution in [0.1, 0.15) is 11.5 Å². The van der Waals surface area contributed by atoms with E-state index in [1.54, 1.807) is 16.2 Å². The fourth-order valence-electron chi connectivity index (χ4n) is 4.04. The number of aromatic nitrogens is 3. The molecule has 1 saturated heterocycles. The number of hydrogen-bond acceptors (Lipinski definition) is 7. The lowest BCUT2D eigenvalue weighted by molar-refractivity contribution is 0.219. The van der Waals surface area contributed by atoms with Gasteiger partial charge in [-0.25, -0.2) is 14.8 Å². The van der Waals surface area contributed by atoms with Crippen LogP contribution in [0.5, 0.6) is 0 Å². The zero-order valence-corrected chi connectivity index (χ0v) is 19.3. The van der Waals surface area contributed by atoms with Crippen molar-refractivity contribution in [2.75, 3.05) is 31.5 Å². The molecule has 0 radical (unpaired) electrons. The molecule has 0 unspecified atom stereocenters. The largest absolute Gasteiger partial charge is 0.361 e. The van der Waals surface area contributed by atoms with E-state index in [4.69, 9.17) is 9.51 Å². The Morgan fingerprint density at radius 2 is 2.09 bits per heavy atom. The Hall–Kier alpha value is -3.72. The summed E-state index contributed by atoms with van der Waals surface area (Å²) in [5.74, 6) is 1.34. The van der Waals surface area contributed by atoms with Gasteiger partial charge in [-0.05, 0) is 42.5 Å². The lowest BCUT2D eigenvalue weighted by Crippen LogP contribution is -2.32. The van der Waals surface area contributed by atoms with Crippen LogP contribution in [0.25, 0.3) is 32.8 Å². The molecular weight excluding hydrogens is 436 g/mol. The van der Waals surface area contributed by atoms with E-state index in [-0.39, 0.29) is 6.03 Å². The summed E-state index contributed by atoms with van der Waals surface area (Å²) in [6.07, 6.45) is 1.86.